The van der Waals surface area contributed by atoms with Crippen molar-refractivity contribution < 1.29 is 14.7 Å². The lowest BCUT2D eigenvalue weighted by Crippen LogP contribution is -2.23. The molecule has 0 spiro atoms. The molecule has 0 heterocycles. The number of hydrogen-bond donors (Lipinski definition) is 2. The van der Waals surface area contributed by atoms with Crippen LogP contribution < -0.4 is 5.48 Å². The molecule has 1 rings (SSSR count). The molecule has 100 valence electrons. The van der Waals surface area contributed by atoms with Crippen LogP contribution in [0.25, 0.3) is 0 Å². The van der Waals surface area contributed by atoms with E-state index in [0.717, 1.165) is 31.2 Å². The molecule has 0 saturated heterocycles. The summed E-state index contributed by atoms with van der Waals surface area (Å²) >= 11 is 0. The van der Waals surface area contributed by atoms with Crippen molar-refractivity contribution in [1.82, 2.24) is 5.48 Å². The van der Waals surface area contributed by atoms with Gasteiger partial charge in [-0.25, -0.2) is 5.48 Å². The Morgan fingerprint density at radius 1 is 1.11 bits per heavy atom. The summed E-state index contributed by atoms with van der Waals surface area (Å²) in [6.45, 7) is 0.615. The zero-order valence-corrected chi connectivity index (χ0v) is 10.6. The highest BCUT2D eigenvalue weighted by Crippen LogP contribution is 2.03. The van der Waals surface area contributed by atoms with Crippen molar-refractivity contribution in [3.63, 3.8) is 0 Å². The Balaban J connectivity index is 2.00. The van der Waals surface area contributed by atoms with Crippen molar-refractivity contribution in [2.24, 2.45) is 0 Å². The molecule has 4 nitrogen and oxygen atoms in total. The van der Waals surface area contributed by atoms with Crippen LogP contribution in [0.1, 0.15) is 37.7 Å². The van der Waals surface area contributed by atoms with Gasteiger partial charge in [0.1, 0.15) is 0 Å². The second-order valence-corrected chi connectivity index (χ2v) is 4.19. The molecule has 0 aliphatic carbocycles. The smallest absolute Gasteiger partial charge is 0.243 e. The number of hydrogen-bond acceptors (Lipinski definition) is 3. The Hall–Kier alpha value is -1.39. The maximum atomic E-state index is 11.4. The molecule has 0 aliphatic rings. The van der Waals surface area contributed by atoms with Gasteiger partial charge < -0.3 is 5.11 Å². The summed E-state index contributed by atoms with van der Waals surface area (Å²) in [5.74, 6) is -0.0880. The summed E-state index contributed by atoms with van der Waals surface area (Å²) in [7, 11) is 0. The number of aliphatic hydroxyl groups excluding tert-OH is 1. The Labute approximate surface area is 108 Å². The SMILES string of the molecule is O=C(CCCCCCO)NOCc1ccccc1. The third-order valence-corrected chi connectivity index (χ3v) is 2.58. The highest BCUT2D eigenvalue weighted by molar-refractivity contribution is 5.74. The molecule has 1 aromatic carbocycles. The zero-order chi connectivity index (χ0) is 13.1. The summed E-state index contributed by atoms with van der Waals surface area (Å²) in [4.78, 5) is 16.5. The summed E-state index contributed by atoms with van der Waals surface area (Å²) in [6.07, 6.45) is 4.05. The normalized spacial score (nSPS) is 10.3. The highest BCUT2D eigenvalue weighted by atomic mass is 16.6. The summed E-state index contributed by atoms with van der Waals surface area (Å²) in [5.41, 5.74) is 3.46. The molecule has 1 aromatic rings. The molecule has 0 atom stereocenters. The second kappa shape index (κ2) is 9.62. The van der Waals surface area contributed by atoms with E-state index in [0.29, 0.717) is 13.0 Å². The van der Waals surface area contributed by atoms with Crippen molar-refractivity contribution in [3.8, 4) is 0 Å². The van der Waals surface area contributed by atoms with Gasteiger partial charge in [0, 0.05) is 13.0 Å². The van der Waals surface area contributed by atoms with Crippen molar-refractivity contribution in [1.29, 1.82) is 0 Å². The number of benzene rings is 1. The Bertz CT molecular complexity index is 327. The fraction of sp³-hybridized carbons (Fsp3) is 0.500. The second-order valence-electron chi connectivity index (χ2n) is 4.19. The molecule has 4 heteroatoms. The van der Waals surface area contributed by atoms with E-state index in [-0.39, 0.29) is 12.5 Å². The highest BCUT2D eigenvalue weighted by Gasteiger charge is 2.01. The number of aliphatic hydroxyl groups is 1. The molecule has 2 N–H and O–H groups in total. The predicted octanol–water partition coefficient (Wildman–Crippen LogP) is 2.18. The zero-order valence-electron chi connectivity index (χ0n) is 10.6. The van der Waals surface area contributed by atoms with Crippen LogP contribution in [0.15, 0.2) is 30.3 Å². The molecule has 0 saturated carbocycles. The first-order valence-electron chi connectivity index (χ1n) is 6.38. The van der Waals surface area contributed by atoms with Gasteiger partial charge in [0.15, 0.2) is 0 Å². The van der Waals surface area contributed by atoms with E-state index in [9.17, 15) is 4.79 Å². The van der Waals surface area contributed by atoms with Crippen molar-refractivity contribution in [2.75, 3.05) is 6.61 Å². The van der Waals surface area contributed by atoms with Gasteiger partial charge in [-0.3, -0.25) is 9.63 Å². The maximum Gasteiger partial charge on any atom is 0.243 e. The monoisotopic (exact) mass is 251 g/mol. The van der Waals surface area contributed by atoms with Crippen molar-refractivity contribution >= 4 is 5.91 Å². The lowest BCUT2D eigenvalue weighted by atomic mass is 10.1. The lowest BCUT2D eigenvalue weighted by molar-refractivity contribution is -0.134. The van der Waals surface area contributed by atoms with Crippen LogP contribution in [0.3, 0.4) is 0 Å². The number of unbranched alkanes of at least 4 members (excludes halogenated alkanes) is 3. The number of nitrogens with one attached hydrogen (secondary N) is 1. The van der Waals surface area contributed by atoms with E-state index in [1.165, 1.54) is 0 Å². The topological polar surface area (TPSA) is 58.6 Å². The van der Waals surface area contributed by atoms with Gasteiger partial charge in [0.05, 0.1) is 6.61 Å². The maximum absolute atomic E-state index is 11.4. The Morgan fingerprint density at radius 2 is 1.83 bits per heavy atom. The molecular formula is C14H21NO3. The summed E-state index contributed by atoms with van der Waals surface area (Å²) in [6, 6.07) is 9.69. The van der Waals surface area contributed by atoms with Crippen molar-refractivity contribution in [3.05, 3.63) is 35.9 Å². The van der Waals surface area contributed by atoms with E-state index in [1.54, 1.807) is 0 Å². The van der Waals surface area contributed by atoms with Gasteiger partial charge >= 0.3 is 0 Å². The largest absolute Gasteiger partial charge is 0.396 e. The van der Waals surface area contributed by atoms with Crippen LogP contribution in [0.2, 0.25) is 0 Å². The number of hydroxylamine groups is 1. The third kappa shape index (κ3) is 7.04. The first kappa shape index (κ1) is 14.7. The molecule has 1 amide bonds. The molecule has 0 bridgehead atoms. The minimum absolute atomic E-state index is 0.0880. The first-order chi connectivity index (χ1) is 8.83. The van der Waals surface area contributed by atoms with E-state index in [2.05, 4.69) is 5.48 Å². The molecule has 0 radical (unpaired) electrons. The molecule has 18 heavy (non-hydrogen) atoms. The quantitative estimate of drug-likeness (QED) is 0.522. The average molecular weight is 251 g/mol. The fourth-order valence-corrected chi connectivity index (χ4v) is 1.58. The molecule has 0 fully saturated rings. The van der Waals surface area contributed by atoms with E-state index in [4.69, 9.17) is 9.94 Å². The van der Waals surface area contributed by atoms with Gasteiger partial charge in [-0.1, -0.05) is 43.2 Å². The van der Waals surface area contributed by atoms with Gasteiger partial charge in [0.25, 0.3) is 0 Å². The van der Waals surface area contributed by atoms with E-state index < -0.39 is 0 Å². The van der Waals surface area contributed by atoms with Crippen LogP contribution in [0.4, 0.5) is 0 Å². The molecule has 0 aromatic heterocycles. The van der Waals surface area contributed by atoms with E-state index >= 15 is 0 Å². The third-order valence-electron chi connectivity index (χ3n) is 2.58. The van der Waals surface area contributed by atoms with Crippen LogP contribution >= 0.6 is 0 Å². The van der Waals surface area contributed by atoms with Crippen molar-refractivity contribution in [2.45, 2.75) is 38.7 Å². The van der Waals surface area contributed by atoms with Crippen LogP contribution in [-0.4, -0.2) is 17.6 Å². The fourth-order valence-electron chi connectivity index (χ4n) is 1.58. The van der Waals surface area contributed by atoms with Gasteiger partial charge in [0.2, 0.25) is 5.91 Å². The van der Waals surface area contributed by atoms with Crippen LogP contribution in [0.5, 0.6) is 0 Å². The Kier molecular flexibility index (Phi) is 7.84. The van der Waals surface area contributed by atoms with E-state index in [1.807, 2.05) is 30.3 Å². The minimum atomic E-state index is -0.0880. The molecule has 0 unspecified atom stereocenters. The number of carbonyl (C=O) groups is 1. The number of carbonyl (C=O) groups excluding carboxylic acids is 1. The molecule has 0 aliphatic heterocycles. The standard InChI is InChI=1S/C14H21NO3/c16-11-7-2-1-6-10-14(17)15-18-12-13-8-4-3-5-9-13/h3-5,8-9,16H,1-2,6-7,10-12H2,(H,15,17). The van der Waals surface area contributed by atoms with Gasteiger partial charge in [-0.05, 0) is 18.4 Å². The number of rotatable bonds is 9. The number of amides is 1. The summed E-state index contributed by atoms with van der Waals surface area (Å²) in [5, 5.41) is 8.60. The average Bonchev–Trinajstić information content (AvgIpc) is 2.40. The molecular weight excluding hydrogens is 230 g/mol. The lowest BCUT2D eigenvalue weighted by Gasteiger charge is -2.05. The Morgan fingerprint density at radius 3 is 2.56 bits per heavy atom. The first-order valence-corrected chi connectivity index (χ1v) is 6.38. The van der Waals surface area contributed by atoms with Gasteiger partial charge in [-0.2, -0.15) is 0 Å². The van der Waals surface area contributed by atoms with Gasteiger partial charge in [-0.15, -0.1) is 0 Å². The van der Waals surface area contributed by atoms with Crippen LogP contribution in [0, 0.1) is 0 Å². The summed E-state index contributed by atoms with van der Waals surface area (Å²) < 4.78 is 0. The predicted molar refractivity (Wildman–Crippen MR) is 69.5 cm³/mol. The van der Waals surface area contributed by atoms with Crippen LogP contribution in [-0.2, 0) is 16.2 Å². The minimum Gasteiger partial charge on any atom is -0.396 e.